The Kier molecular flexibility index (Phi) is 6.34. The normalized spacial score (nSPS) is 18.4. The second-order valence-electron chi connectivity index (χ2n) is 8.44. The molecule has 0 spiro atoms. The summed E-state index contributed by atoms with van der Waals surface area (Å²) in [5, 5.41) is 0. The molecule has 1 saturated heterocycles. The molecular formula is C24H30N2O4S. The summed E-state index contributed by atoms with van der Waals surface area (Å²) in [5.74, 6) is 1.01. The third-order valence-electron chi connectivity index (χ3n) is 6.31. The highest BCUT2D eigenvalue weighted by molar-refractivity contribution is 7.89. The third-order valence-corrected chi connectivity index (χ3v) is 8.21. The first-order valence-electron chi connectivity index (χ1n) is 11.0. The van der Waals surface area contributed by atoms with Crippen molar-refractivity contribution in [3.8, 4) is 5.75 Å². The van der Waals surface area contributed by atoms with Crippen molar-refractivity contribution in [2.75, 3.05) is 25.1 Å². The number of piperidine rings is 1. The number of carbonyl (C=O) groups is 1. The lowest BCUT2D eigenvalue weighted by Gasteiger charge is -2.30. The predicted octanol–water partition coefficient (Wildman–Crippen LogP) is 4.32. The smallest absolute Gasteiger partial charge is 0.258 e. The number of rotatable bonds is 7. The van der Waals surface area contributed by atoms with Crippen LogP contribution in [0.5, 0.6) is 5.75 Å². The molecule has 1 unspecified atom stereocenters. The molecule has 0 N–H and O–H groups in total. The van der Waals surface area contributed by atoms with Crippen molar-refractivity contribution in [1.29, 1.82) is 0 Å². The molecule has 31 heavy (non-hydrogen) atoms. The first-order valence-corrected chi connectivity index (χ1v) is 12.4. The van der Waals surface area contributed by atoms with E-state index in [-0.39, 0.29) is 16.8 Å². The number of benzene rings is 2. The van der Waals surface area contributed by atoms with E-state index in [9.17, 15) is 13.2 Å². The molecule has 1 aliphatic heterocycles. The molecule has 1 amide bonds. The van der Waals surface area contributed by atoms with Gasteiger partial charge in [0, 0.05) is 30.4 Å². The minimum absolute atomic E-state index is 0.0308. The van der Waals surface area contributed by atoms with Crippen LogP contribution in [0.2, 0.25) is 0 Å². The number of hydrogen-bond donors (Lipinski definition) is 0. The van der Waals surface area contributed by atoms with E-state index in [1.807, 2.05) is 24.3 Å². The van der Waals surface area contributed by atoms with E-state index >= 15 is 0 Å². The number of ether oxygens (including phenoxy) is 1. The highest BCUT2D eigenvalue weighted by atomic mass is 32.2. The van der Waals surface area contributed by atoms with Gasteiger partial charge in [-0.15, -0.1) is 0 Å². The molecule has 1 atom stereocenters. The molecule has 1 aliphatic carbocycles. The van der Waals surface area contributed by atoms with Gasteiger partial charge < -0.3 is 9.64 Å². The maximum atomic E-state index is 13.6. The number of nitrogens with zero attached hydrogens (tertiary/aromatic N) is 2. The molecule has 0 bridgehead atoms. The van der Waals surface area contributed by atoms with Crippen LogP contribution in [0.3, 0.4) is 0 Å². The van der Waals surface area contributed by atoms with E-state index in [1.165, 1.54) is 10.4 Å². The van der Waals surface area contributed by atoms with Crippen LogP contribution in [0.25, 0.3) is 0 Å². The second-order valence-corrected chi connectivity index (χ2v) is 10.4. The number of sulfonamides is 1. The SMILES string of the molecule is COc1ccc(N(C(=O)c2cccc(S(=O)(=O)N3CCCCC3)c2)C(C)C2CC2)cc1. The zero-order valence-corrected chi connectivity index (χ0v) is 19.0. The fourth-order valence-electron chi connectivity index (χ4n) is 4.25. The molecule has 6 nitrogen and oxygen atoms in total. The summed E-state index contributed by atoms with van der Waals surface area (Å²) in [6.45, 7) is 3.14. The molecular weight excluding hydrogens is 412 g/mol. The number of methoxy groups -OCH3 is 1. The van der Waals surface area contributed by atoms with Crippen LogP contribution >= 0.6 is 0 Å². The van der Waals surface area contributed by atoms with Gasteiger partial charge in [-0.1, -0.05) is 12.5 Å². The van der Waals surface area contributed by atoms with Crippen molar-refractivity contribution in [1.82, 2.24) is 4.31 Å². The van der Waals surface area contributed by atoms with Gasteiger partial charge in [-0.2, -0.15) is 4.31 Å². The summed E-state index contributed by atoms with van der Waals surface area (Å²) in [6, 6.07) is 14.0. The van der Waals surface area contributed by atoms with E-state index in [1.54, 1.807) is 30.2 Å². The lowest BCUT2D eigenvalue weighted by molar-refractivity contribution is 0.0975. The maximum Gasteiger partial charge on any atom is 0.258 e. The van der Waals surface area contributed by atoms with Crippen LogP contribution in [0.4, 0.5) is 5.69 Å². The fraction of sp³-hybridized carbons (Fsp3) is 0.458. The third kappa shape index (κ3) is 4.62. The highest BCUT2D eigenvalue weighted by Gasteiger charge is 2.36. The standard InChI is InChI=1S/C24H30N2O4S/c1-18(19-9-10-19)26(21-11-13-22(30-2)14-12-21)24(27)20-7-6-8-23(17-20)31(28,29)25-15-4-3-5-16-25/h6-8,11-14,17-19H,3-5,9-10,15-16H2,1-2H3. The molecule has 4 rings (SSSR count). The minimum Gasteiger partial charge on any atom is -0.497 e. The van der Waals surface area contributed by atoms with Crippen LogP contribution in [0.1, 0.15) is 49.4 Å². The number of anilines is 1. The Balaban J connectivity index is 1.66. The van der Waals surface area contributed by atoms with Crippen LogP contribution < -0.4 is 9.64 Å². The maximum absolute atomic E-state index is 13.6. The van der Waals surface area contributed by atoms with Gasteiger partial charge >= 0.3 is 0 Å². The van der Waals surface area contributed by atoms with Crippen LogP contribution in [-0.2, 0) is 10.0 Å². The molecule has 7 heteroatoms. The first kappa shape index (κ1) is 21.8. The van der Waals surface area contributed by atoms with Crippen molar-refractivity contribution in [2.45, 2.75) is 50.0 Å². The van der Waals surface area contributed by atoms with Crippen molar-refractivity contribution in [3.63, 3.8) is 0 Å². The molecule has 2 aromatic carbocycles. The van der Waals surface area contributed by atoms with Gasteiger partial charge in [0.15, 0.2) is 0 Å². The molecule has 2 aliphatic rings. The van der Waals surface area contributed by atoms with Crippen molar-refractivity contribution in [3.05, 3.63) is 54.1 Å². The van der Waals surface area contributed by atoms with E-state index in [0.29, 0.717) is 24.6 Å². The Morgan fingerprint density at radius 3 is 2.35 bits per heavy atom. The summed E-state index contributed by atoms with van der Waals surface area (Å²) in [7, 11) is -1.99. The molecule has 1 heterocycles. The topological polar surface area (TPSA) is 66.9 Å². The molecule has 2 aromatic rings. The minimum atomic E-state index is -3.60. The number of hydrogen-bond acceptors (Lipinski definition) is 4. The van der Waals surface area contributed by atoms with Gasteiger partial charge in [-0.3, -0.25) is 4.79 Å². The van der Waals surface area contributed by atoms with Gasteiger partial charge in [0.2, 0.25) is 10.0 Å². The Labute approximate surface area is 184 Å². The first-order chi connectivity index (χ1) is 14.9. The second kappa shape index (κ2) is 9.01. The van der Waals surface area contributed by atoms with Crippen LogP contribution in [-0.4, -0.2) is 44.9 Å². The van der Waals surface area contributed by atoms with Gasteiger partial charge in [-0.25, -0.2) is 8.42 Å². The molecule has 166 valence electrons. The zero-order chi connectivity index (χ0) is 22.0. The van der Waals surface area contributed by atoms with E-state index in [0.717, 1.165) is 43.5 Å². The number of amides is 1. The quantitative estimate of drug-likeness (QED) is 0.641. The Hall–Kier alpha value is -2.38. The molecule has 1 saturated carbocycles. The average molecular weight is 443 g/mol. The van der Waals surface area contributed by atoms with E-state index in [4.69, 9.17) is 4.74 Å². The highest BCUT2D eigenvalue weighted by Crippen LogP contribution is 2.38. The lowest BCUT2D eigenvalue weighted by Crippen LogP contribution is -2.40. The Bertz CT molecular complexity index is 1030. The van der Waals surface area contributed by atoms with Crippen LogP contribution in [0, 0.1) is 5.92 Å². The molecule has 2 fully saturated rings. The van der Waals surface area contributed by atoms with Crippen LogP contribution in [0.15, 0.2) is 53.4 Å². The molecule has 0 radical (unpaired) electrons. The summed E-state index contributed by atoms with van der Waals surface area (Å²) >= 11 is 0. The fourth-order valence-corrected chi connectivity index (χ4v) is 5.82. The van der Waals surface area contributed by atoms with E-state index < -0.39 is 10.0 Å². The number of carbonyl (C=O) groups excluding carboxylic acids is 1. The van der Waals surface area contributed by atoms with Gasteiger partial charge in [0.25, 0.3) is 5.91 Å². The largest absolute Gasteiger partial charge is 0.497 e. The summed E-state index contributed by atoms with van der Waals surface area (Å²) < 4.78 is 33.0. The average Bonchev–Trinajstić information content (AvgIpc) is 3.66. The van der Waals surface area contributed by atoms with E-state index in [2.05, 4.69) is 6.92 Å². The monoisotopic (exact) mass is 442 g/mol. The Morgan fingerprint density at radius 1 is 1.06 bits per heavy atom. The summed E-state index contributed by atoms with van der Waals surface area (Å²) in [4.78, 5) is 15.6. The van der Waals surface area contributed by atoms with Gasteiger partial charge in [0.1, 0.15) is 5.75 Å². The lowest BCUT2D eigenvalue weighted by atomic mass is 10.1. The molecule has 0 aromatic heterocycles. The summed E-state index contributed by atoms with van der Waals surface area (Å²) in [5.41, 5.74) is 1.18. The predicted molar refractivity (Wildman–Crippen MR) is 121 cm³/mol. The van der Waals surface area contributed by atoms with Crippen molar-refractivity contribution in [2.24, 2.45) is 5.92 Å². The van der Waals surface area contributed by atoms with Crippen molar-refractivity contribution < 1.29 is 17.9 Å². The van der Waals surface area contributed by atoms with Gasteiger partial charge in [-0.05, 0) is 81.0 Å². The summed E-state index contributed by atoms with van der Waals surface area (Å²) in [6.07, 6.45) is 5.01. The van der Waals surface area contributed by atoms with Gasteiger partial charge in [0.05, 0.1) is 12.0 Å². The van der Waals surface area contributed by atoms with Crippen molar-refractivity contribution >= 4 is 21.6 Å². The Morgan fingerprint density at radius 2 is 1.74 bits per heavy atom. The zero-order valence-electron chi connectivity index (χ0n) is 18.2.